The van der Waals surface area contributed by atoms with Crippen molar-refractivity contribution < 1.29 is 9.84 Å². The van der Waals surface area contributed by atoms with Gasteiger partial charge in [-0.15, -0.1) is 0 Å². The number of benzene rings is 1. The highest BCUT2D eigenvalue weighted by Crippen LogP contribution is 2.32. The zero-order valence-electron chi connectivity index (χ0n) is 13.0. The number of likely N-dealkylation sites (tertiary alicyclic amines) is 1. The summed E-state index contributed by atoms with van der Waals surface area (Å²) in [6, 6.07) is 11.5. The first-order valence-corrected chi connectivity index (χ1v) is 7.82. The maximum absolute atomic E-state index is 10.4. The molecule has 0 amide bonds. The first-order valence-electron chi connectivity index (χ1n) is 7.82. The molecule has 0 bridgehead atoms. The van der Waals surface area contributed by atoms with E-state index in [4.69, 9.17) is 4.74 Å². The number of hydrogen-bond donors (Lipinski definition) is 1. The Labute approximate surface area is 131 Å². The van der Waals surface area contributed by atoms with Gasteiger partial charge in [-0.25, -0.2) is 4.98 Å². The number of methoxy groups -OCH3 is 1. The first kappa shape index (κ1) is 14.9. The number of hydrogen-bond acceptors (Lipinski definition) is 4. The molecule has 2 heterocycles. The van der Waals surface area contributed by atoms with Crippen LogP contribution in [0.5, 0.6) is 11.6 Å². The van der Waals surface area contributed by atoms with Gasteiger partial charge in [0.2, 0.25) is 5.88 Å². The number of aromatic nitrogens is 1. The maximum atomic E-state index is 10.4. The minimum atomic E-state index is 0.207. The third-order valence-corrected chi connectivity index (χ3v) is 4.12. The minimum absolute atomic E-state index is 0.207. The standard InChI is InChI=1S/C18H22N2O2/c1-22-18-15(13-20-10-6-3-7-11-20)12-16(21)17(19-18)14-8-4-2-5-9-14/h2,4-5,8-9,12,21H,3,6-7,10-11,13H2,1H3. The molecule has 1 aliphatic heterocycles. The van der Waals surface area contributed by atoms with Gasteiger partial charge in [0.15, 0.2) is 0 Å². The van der Waals surface area contributed by atoms with Gasteiger partial charge in [0, 0.05) is 17.7 Å². The highest BCUT2D eigenvalue weighted by Gasteiger charge is 2.17. The smallest absolute Gasteiger partial charge is 0.218 e. The van der Waals surface area contributed by atoms with E-state index in [1.165, 1.54) is 19.3 Å². The topological polar surface area (TPSA) is 45.6 Å². The molecule has 0 radical (unpaired) electrons. The van der Waals surface area contributed by atoms with Gasteiger partial charge in [-0.1, -0.05) is 36.8 Å². The van der Waals surface area contributed by atoms with E-state index in [1.807, 2.05) is 30.3 Å². The Kier molecular flexibility index (Phi) is 4.59. The molecule has 116 valence electrons. The monoisotopic (exact) mass is 298 g/mol. The summed E-state index contributed by atoms with van der Waals surface area (Å²) in [5.74, 6) is 0.807. The molecule has 22 heavy (non-hydrogen) atoms. The normalized spacial score (nSPS) is 15.7. The molecule has 1 N–H and O–H groups in total. The summed E-state index contributed by atoms with van der Waals surface area (Å²) in [4.78, 5) is 6.92. The third kappa shape index (κ3) is 3.22. The van der Waals surface area contributed by atoms with Crippen molar-refractivity contribution in [1.82, 2.24) is 9.88 Å². The van der Waals surface area contributed by atoms with Crippen molar-refractivity contribution in [3.63, 3.8) is 0 Å². The first-order chi connectivity index (χ1) is 10.8. The van der Waals surface area contributed by atoms with Crippen LogP contribution < -0.4 is 4.74 Å². The SMILES string of the molecule is COc1nc(-c2ccccc2)c(O)cc1CN1CCCCC1. The van der Waals surface area contributed by atoms with Crippen molar-refractivity contribution in [2.24, 2.45) is 0 Å². The summed E-state index contributed by atoms with van der Waals surface area (Å²) in [6.07, 6.45) is 3.79. The molecule has 1 aromatic heterocycles. The second-order valence-electron chi connectivity index (χ2n) is 5.73. The molecule has 0 unspecified atom stereocenters. The Morgan fingerprint density at radius 1 is 1.14 bits per heavy atom. The molecule has 0 atom stereocenters. The van der Waals surface area contributed by atoms with Crippen LogP contribution in [0.1, 0.15) is 24.8 Å². The lowest BCUT2D eigenvalue weighted by Crippen LogP contribution is -2.29. The Morgan fingerprint density at radius 2 is 1.86 bits per heavy atom. The van der Waals surface area contributed by atoms with Crippen molar-refractivity contribution >= 4 is 0 Å². The van der Waals surface area contributed by atoms with Gasteiger partial charge in [0.25, 0.3) is 0 Å². The summed E-state index contributed by atoms with van der Waals surface area (Å²) in [7, 11) is 1.63. The molecule has 1 aromatic carbocycles. The molecule has 1 saturated heterocycles. The number of aromatic hydroxyl groups is 1. The average Bonchev–Trinajstić information content (AvgIpc) is 2.57. The van der Waals surface area contributed by atoms with Gasteiger partial charge < -0.3 is 9.84 Å². The van der Waals surface area contributed by atoms with E-state index in [0.29, 0.717) is 11.6 Å². The lowest BCUT2D eigenvalue weighted by molar-refractivity contribution is 0.217. The van der Waals surface area contributed by atoms with Gasteiger partial charge in [-0.05, 0) is 32.0 Å². The van der Waals surface area contributed by atoms with E-state index in [9.17, 15) is 5.11 Å². The summed E-state index contributed by atoms with van der Waals surface area (Å²) in [5, 5.41) is 10.4. The van der Waals surface area contributed by atoms with Crippen LogP contribution in [0.25, 0.3) is 11.3 Å². The van der Waals surface area contributed by atoms with Crippen LogP contribution in [0.4, 0.5) is 0 Å². The summed E-state index contributed by atoms with van der Waals surface area (Å²) in [6.45, 7) is 2.98. The average molecular weight is 298 g/mol. The Morgan fingerprint density at radius 3 is 2.55 bits per heavy atom. The predicted octanol–water partition coefficient (Wildman–Crippen LogP) is 3.45. The molecule has 1 aliphatic rings. The zero-order chi connectivity index (χ0) is 15.4. The summed E-state index contributed by atoms with van der Waals surface area (Å²) >= 11 is 0. The minimum Gasteiger partial charge on any atom is -0.506 e. The van der Waals surface area contributed by atoms with E-state index in [0.717, 1.165) is 30.8 Å². The second-order valence-corrected chi connectivity index (χ2v) is 5.73. The number of nitrogens with zero attached hydrogens (tertiary/aromatic N) is 2. The Bertz CT molecular complexity index is 622. The Balaban J connectivity index is 1.90. The fourth-order valence-corrected chi connectivity index (χ4v) is 2.98. The van der Waals surface area contributed by atoms with Crippen LogP contribution in [0.3, 0.4) is 0 Å². The van der Waals surface area contributed by atoms with Crippen LogP contribution in [0.2, 0.25) is 0 Å². The molecular weight excluding hydrogens is 276 g/mol. The number of rotatable bonds is 4. The van der Waals surface area contributed by atoms with Crippen LogP contribution >= 0.6 is 0 Å². The molecule has 4 nitrogen and oxygen atoms in total. The lowest BCUT2D eigenvalue weighted by Gasteiger charge is -2.27. The van der Waals surface area contributed by atoms with Crippen molar-refractivity contribution in [3.05, 3.63) is 42.0 Å². The Hall–Kier alpha value is -2.07. The highest BCUT2D eigenvalue weighted by atomic mass is 16.5. The maximum Gasteiger partial charge on any atom is 0.218 e. The van der Waals surface area contributed by atoms with E-state index >= 15 is 0 Å². The predicted molar refractivity (Wildman–Crippen MR) is 87.0 cm³/mol. The van der Waals surface area contributed by atoms with Crippen LogP contribution in [0, 0.1) is 0 Å². The lowest BCUT2D eigenvalue weighted by atomic mass is 10.1. The van der Waals surface area contributed by atoms with Crippen molar-refractivity contribution in [1.29, 1.82) is 0 Å². The molecule has 2 aromatic rings. The van der Waals surface area contributed by atoms with Crippen LogP contribution in [0.15, 0.2) is 36.4 Å². The quantitative estimate of drug-likeness (QED) is 0.939. The van der Waals surface area contributed by atoms with Crippen LogP contribution in [-0.2, 0) is 6.54 Å². The van der Waals surface area contributed by atoms with Crippen LogP contribution in [-0.4, -0.2) is 35.2 Å². The third-order valence-electron chi connectivity index (χ3n) is 4.12. The molecule has 4 heteroatoms. The summed E-state index contributed by atoms with van der Waals surface area (Å²) in [5.41, 5.74) is 2.41. The molecule has 1 fully saturated rings. The van der Waals surface area contributed by atoms with E-state index < -0.39 is 0 Å². The second kappa shape index (κ2) is 6.79. The number of pyridine rings is 1. The van der Waals surface area contributed by atoms with Gasteiger partial charge in [0.1, 0.15) is 11.4 Å². The largest absolute Gasteiger partial charge is 0.506 e. The van der Waals surface area contributed by atoms with E-state index in [-0.39, 0.29) is 5.75 Å². The summed E-state index contributed by atoms with van der Waals surface area (Å²) < 4.78 is 5.46. The molecule has 0 saturated carbocycles. The van der Waals surface area contributed by atoms with Crippen molar-refractivity contribution in [2.75, 3.05) is 20.2 Å². The van der Waals surface area contributed by atoms with Crippen molar-refractivity contribution in [3.8, 4) is 22.9 Å². The highest BCUT2D eigenvalue weighted by molar-refractivity contribution is 5.67. The fourth-order valence-electron chi connectivity index (χ4n) is 2.98. The van der Waals surface area contributed by atoms with E-state index in [2.05, 4.69) is 9.88 Å². The van der Waals surface area contributed by atoms with Gasteiger partial charge in [0.05, 0.1) is 7.11 Å². The van der Waals surface area contributed by atoms with E-state index in [1.54, 1.807) is 13.2 Å². The molecule has 0 spiro atoms. The zero-order valence-corrected chi connectivity index (χ0v) is 13.0. The molecule has 3 rings (SSSR count). The van der Waals surface area contributed by atoms with Crippen molar-refractivity contribution in [2.45, 2.75) is 25.8 Å². The van der Waals surface area contributed by atoms with Gasteiger partial charge in [-0.2, -0.15) is 0 Å². The van der Waals surface area contributed by atoms with Gasteiger partial charge >= 0.3 is 0 Å². The number of ether oxygens (including phenoxy) is 1. The number of piperidine rings is 1. The molecular formula is C18H22N2O2. The van der Waals surface area contributed by atoms with Gasteiger partial charge in [-0.3, -0.25) is 4.90 Å². The molecule has 0 aliphatic carbocycles. The fraction of sp³-hybridized carbons (Fsp3) is 0.389.